The topological polar surface area (TPSA) is 26.3 Å². The molecule has 0 radical (unpaired) electrons. The molecular weight excluding hydrogens is 284 g/mol. The number of hydrogen-bond donors (Lipinski definition) is 0. The summed E-state index contributed by atoms with van der Waals surface area (Å²) in [6.45, 7) is 3.90. The average molecular weight is 312 g/mol. The van der Waals surface area contributed by atoms with Crippen LogP contribution in [0.25, 0.3) is 0 Å². The van der Waals surface area contributed by atoms with Crippen LogP contribution >= 0.6 is 0 Å². The molecule has 23 heavy (non-hydrogen) atoms. The second-order valence-electron chi connectivity index (χ2n) is 6.40. The SMILES string of the molecule is [2H]c1cc(OC(=O)c2c([2H])cc(C3CCC(C)CC3)cc2[2H])cc([2H])c1C. The third-order valence-corrected chi connectivity index (χ3v) is 4.53. The third kappa shape index (κ3) is 4.01. The fraction of sp³-hybridized carbons (Fsp3) is 0.381. The first-order valence-electron chi connectivity index (χ1n) is 10.2. The van der Waals surface area contributed by atoms with E-state index in [4.69, 9.17) is 10.2 Å². The first-order chi connectivity index (χ1) is 12.8. The van der Waals surface area contributed by atoms with Gasteiger partial charge in [0.2, 0.25) is 0 Å². The molecule has 0 saturated heterocycles. The molecule has 120 valence electrons. The quantitative estimate of drug-likeness (QED) is 0.552. The highest BCUT2D eigenvalue weighted by atomic mass is 16.5. The molecule has 3 rings (SSSR count). The van der Waals surface area contributed by atoms with Crippen LogP contribution in [0.3, 0.4) is 0 Å². The van der Waals surface area contributed by atoms with Gasteiger partial charge < -0.3 is 4.74 Å². The Morgan fingerprint density at radius 2 is 1.65 bits per heavy atom. The predicted molar refractivity (Wildman–Crippen MR) is 93.0 cm³/mol. The van der Waals surface area contributed by atoms with Gasteiger partial charge in [0.1, 0.15) is 5.75 Å². The number of esters is 1. The molecule has 2 aromatic carbocycles. The van der Waals surface area contributed by atoms with Crippen molar-refractivity contribution in [2.24, 2.45) is 5.92 Å². The number of benzene rings is 2. The zero-order chi connectivity index (χ0) is 19.7. The summed E-state index contributed by atoms with van der Waals surface area (Å²) in [4.78, 5) is 12.5. The van der Waals surface area contributed by atoms with Gasteiger partial charge in [-0.1, -0.05) is 49.5 Å². The van der Waals surface area contributed by atoms with Gasteiger partial charge in [-0.05, 0) is 61.4 Å². The summed E-state index contributed by atoms with van der Waals surface area (Å²) in [7, 11) is 0. The minimum atomic E-state index is -0.795. The molecular formula is C21H24O2. The minimum Gasteiger partial charge on any atom is -0.423 e. The average Bonchev–Trinajstić information content (AvgIpc) is 2.59. The predicted octanol–water partition coefficient (Wildman–Crippen LogP) is 5.51. The number of carbonyl (C=O) groups excluding carboxylic acids is 1. The van der Waals surface area contributed by atoms with Crippen molar-refractivity contribution in [3.63, 3.8) is 0 Å². The van der Waals surface area contributed by atoms with Gasteiger partial charge in [0.05, 0.1) is 11.0 Å². The molecule has 1 saturated carbocycles. The molecule has 1 aliphatic rings. The van der Waals surface area contributed by atoms with E-state index in [0.29, 0.717) is 11.5 Å². The lowest BCUT2D eigenvalue weighted by Gasteiger charge is -2.26. The molecule has 0 amide bonds. The largest absolute Gasteiger partial charge is 0.423 e. The van der Waals surface area contributed by atoms with Crippen LogP contribution in [-0.4, -0.2) is 5.97 Å². The summed E-state index contributed by atoms with van der Waals surface area (Å²) in [5.41, 5.74) is 1.37. The van der Waals surface area contributed by atoms with Crippen LogP contribution in [0.1, 0.15) is 65.5 Å². The van der Waals surface area contributed by atoms with Crippen molar-refractivity contribution in [3.8, 4) is 5.75 Å². The van der Waals surface area contributed by atoms with Crippen molar-refractivity contribution >= 4 is 5.97 Å². The molecule has 0 spiro atoms. The summed E-state index contributed by atoms with van der Waals surface area (Å²) < 4.78 is 37.3. The van der Waals surface area contributed by atoms with E-state index in [0.717, 1.165) is 37.2 Å². The van der Waals surface area contributed by atoms with Gasteiger partial charge in [-0.25, -0.2) is 4.79 Å². The van der Waals surface area contributed by atoms with Gasteiger partial charge in [0, 0.05) is 0 Å². The molecule has 2 nitrogen and oxygen atoms in total. The van der Waals surface area contributed by atoms with Crippen LogP contribution in [0, 0.1) is 12.8 Å². The molecule has 1 fully saturated rings. The Labute approximate surface area is 144 Å². The summed E-state index contributed by atoms with van der Waals surface area (Å²) in [6, 6.07) is 6.31. The molecule has 0 unspecified atom stereocenters. The van der Waals surface area contributed by atoms with Crippen molar-refractivity contribution in [1.82, 2.24) is 0 Å². The van der Waals surface area contributed by atoms with Gasteiger partial charge in [-0.2, -0.15) is 0 Å². The summed E-state index contributed by atoms with van der Waals surface area (Å²) in [5, 5.41) is 0. The maximum atomic E-state index is 12.5. The van der Waals surface area contributed by atoms with Crippen LogP contribution in [0.4, 0.5) is 0 Å². The van der Waals surface area contributed by atoms with E-state index in [2.05, 4.69) is 6.92 Å². The van der Waals surface area contributed by atoms with Gasteiger partial charge in [-0.15, -0.1) is 0 Å². The standard InChI is InChI=1S/C21H24O2/c1-15-3-7-17(8-4-15)18-9-11-19(12-10-18)21(22)23-20-13-5-16(2)6-14-20/h5-6,9-15,17H,3-4,7-8H2,1-2H3/i5D,6D,11D,12D. The number of rotatable bonds is 3. The normalized spacial score (nSPS) is 23.4. The molecule has 1 aliphatic carbocycles. The third-order valence-electron chi connectivity index (χ3n) is 4.53. The summed E-state index contributed by atoms with van der Waals surface area (Å²) >= 11 is 0. The van der Waals surface area contributed by atoms with Crippen LogP contribution < -0.4 is 4.74 Å². The second-order valence-corrected chi connectivity index (χ2v) is 6.40. The maximum absolute atomic E-state index is 12.5. The van der Waals surface area contributed by atoms with Crippen LogP contribution in [-0.2, 0) is 0 Å². The first kappa shape index (κ1) is 11.4. The van der Waals surface area contributed by atoms with Gasteiger partial charge in [0.25, 0.3) is 0 Å². The Hall–Kier alpha value is -2.09. The van der Waals surface area contributed by atoms with Crippen LogP contribution in [0.5, 0.6) is 5.75 Å². The van der Waals surface area contributed by atoms with Crippen molar-refractivity contribution < 1.29 is 15.0 Å². The number of hydrogen-bond acceptors (Lipinski definition) is 2. The van der Waals surface area contributed by atoms with Crippen molar-refractivity contribution in [1.29, 1.82) is 0 Å². The van der Waals surface area contributed by atoms with E-state index in [1.807, 2.05) is 0 Å². The molecule has 2 aromatic rings. The van der Waals surface area contributed by atoms with Crippen molar-refractivity contribution in [3.05, 3.63) is 65.1 Å². The van der Waals surface area contributed by atoms with E-state index >= 15 is 0 Å². The maximum Gasteiger partial charge on any atom is 0.343 e. The van der Waals surface area contributed by atoms with Gasteiger partial charge in [0.15, 0.2) is 0 Å². The Bertz CT molecular complexity index is 824. The minimum absolute atomic E-state index is 0.00886. The van der Waals surface area contributed by atoms with E-state index in [9.17, 15) is 4.79 Å². The molecule has 0 aromatic heterocycles. The van der Waals surface area contributed by atoms with E-state index in [1.54, 1.807) is 19.1 Å². The Balaban J connectivity index is 1.83. The Morgan fingerprint density at radius 3 is 2.26 bits per heavy atom. The Morgan fingerprint density at radius 1 is 1.04 bits per heavy atom. The van der Waals surface area contributed by atoms with Crippen LogP contribution in [0.15, 0.2) is 48.4 Å². The summed E-state index contributed by atoms with van der Waals surface area (Å²) in [5.74, 6) is 0.356. The fourth-order valence-corrected chi connectivity index (χ4v) is 3.00. The highest BCUT2D eigenvalue weighted by molar-refractivity contribution is 5.91. The molecule has 2 heteroatoms. The Kier molecular flexibility index (Phi) is 3.48. The monoisotopic (exact) mass is 312 g/mol. The molecule has 0 heterocycles. The molecule has 0 atom stereocenters. The van der Waals surface area contributed by atoms with Crippen molar-refractivity contribution in [2.75, 3.05) is 0 Å². The highest BCUT2D eigenvalue weighted by Crippen LogP contribution is 2.35. The smallest absolute Gasteiger partial charge is 0.343 e. The molecule has 0 N–H and O–H groups in total. The lowest BCUT2D eigenvalue weighted by atomic mass is 9.79. The lowest BCUT2D eigenvalue weighted by Crippen LogP contribution is -2.12. The summed E-state index contributed by atoms with van der Waals surface area (Å²) in [6.07, 6.45) is 4.39. The van der Waals surface area contributed by atoms with Crippen LogP contribution in [0.2, 0.25) is 0 Å². The van der Waals surface area contributed by atoms with E-state index < -0.39 is 5.97 Å². The van der Waals surface area contributed by atoms with E-state index in [1.165, 1.54) is 12.1 Å². The first-order valence-corrected chi connectivity index (χ1v) is 8.17. The van der Waals surface area contributed by atoms with Crippen molar-refractivity contribution in [2.45, 2.75) is 45.4 Å². The van der Waals surface area contributed by atoms with Gasteiger partial charge >= 0.3 is 5.97 Å². The number of carbonyl (C=O) groups is 1. The zero-order valence-corrected chi connectivity index (χ0v) is 13.6. The second kappa shape index (κ2) is 6.99. The number of ether oxygens (including phenoxy) is 1. The lowest BCUT2D eigenvalue weighted by molar-refractivity contribution is 0.0734. The molecule has 0 aliphatic heterocycles. The fourth-order valence-electron chi connectivity index (χ4n) is 3.00. The van der Waals surface area contributed by atoms with E-state index in [-0.39, 0.29) is 35.5 Å². The zero-order valence-electron chi connectivity index (χ0n) is 17.6. The molecule has 0 bridgehead atoms. The van der Waals surface area contributed by atoms with Gasteiger partial charge in [-0.3, -0.25) is 0 Å². The highest BCUT2D eigenvalue weighted by Gasteiger charge is 2.20.